The van der Waals surface area contributed by atoms with Crippen molar-refractivity contribution in [2.75, 3.05) is 5.73 Å². The molecule has 0 aliphatic heterocycles. The van der Waals surface area contributed by atoms with Gasteiger partial charge in [-0.1, -0.05) is 11.8 Å². The van der Waals surface area contributed by atoms with Crippen molar-refractivity contribution in [2.24, 2.45) is 0 Å². The third kappa shape index (κ3) is 2.49. The molecule has 2 N–H and O–H groups in total. The predicted molar refractivity (Wildman–Crippen MR) is 61.8 cm³/mol. The van der Waals surface area contributed by atoms with E-state index in [1.165, 1.54) is 35.2 Å². The quantitative estimate of drug-likeness (QED) is 0.818. The molecule has 0 bridgehead atoms. The van der Waals surface area contributed by atoms with Crippen LogP contribution >= 0.6 is 23.1 Å². The van der Waals surface area contributed by atoms with Gasteiger partial charge < -0.3 is 5.73 Å². The molecule has 0 atom stereocenters. The van der Waals surface area contributed by atoms with Gasteiger partial charge in [-0.25, -0.2) is 9.37 Å². The fourth-order valence-corrected chi connectivity index (χ4v) is 2.93. The van der Waals surface area contributed by atoms with Gasteiger partial charge in [-0.3, -0.25) is 0 Å². The highest BCUT2D eigenvalue weighted by molar-refractivity contribution is 8.01. The summed E-state index contributed by atoms with van der Waals surface area (Å²) in [5.74, 6) is -0.278. The summed E-state index contributed by atoms with van der Waals surface area (Å²) in [4.78, 5) is 4.99. The molecule has 0 aliphatic rings. The van der Waals surface area contributed by atoms with E-state index < -0.39 is 0 Å². The topological polar surface area (TPSA) is 38.9 Å². The summed E-state index contributed by atoms with van der Waals surface area (Å²) < 4.78 is 13.8. The minimum Gasteiger partial charge on any atom is -0.398 e. The molecule has 78 valence electrons. The highest BCUT2D eigenvalue weighted by atomic mass is 32.2. The number of hydrogen-bond donors (Lipinski definition) is 1. The summed E-state index contributed by atoms with van der Waals surface area (Å²) in [5, 5.41) is 1.96. The lowest BCUT2D eigenvalue weighted by Gasteiger charge is -2.02. The zero-order chi connectivity index (χ0) is 10.8. The Morgan fingerprint density at radius 1 is 1.47 bits per heavy atom. The number of anilines is 1. The van der Waals surface area contributed by atoms with Crippen molar-refractivity contribution in [1.29, 1.82) is 0 Å². The standard InChI is InChI=1S/C10H9FN2S2/c1-6-5-14-10(13-6)15-9-4-7(11)2-3-8(9)12/h2-5H,12H2,1H3. The molecular formula is C10H9FN2S2. The van der Waals surface area contributed by atoms with Gasteiger partial charge in [0.2, 0.25) is 0 Å². The summed E-state index contributed by atoms with van der Waals surface area (Å²) in [6, 6.07) is 4.35. The first-order valence-electron chi connectivity index (χ1n) is 4.30. The van der Waals surface area contributed by atoms with E-state index in [1.54, 1.807) is 6.07 Å². The van der Waals surface area contributed by atoms with Crippen LogP contribution in [0.5, 0.6) is 0 Å². The van der Waals surface area contributed by atoms with Gasteiger partial charge in [0.25, 0.3) is 0 Å². The molecule has 0 saturated carbocycles. The molecule has 2 nitrogen and oxygen atoms in total. The van der Waals surface area contributed by atoms with E-state index >= 15 is 0 Å². The maximum Gasteiger partial charge on any atom is 0.154 e. The molecule has 1 aromatic heterocycles. The largest absolute Gasteiger partial charge is 0.398 e. The van der Waals surface area contributed by atoms with Gasteiger partial charge in [0, 0.05) is 21.7 Å². The van der Waals surface area contributed by atoms with Crippen LogP contribution in [0.4, 0.5) is 10.1 Å². The summed E-state index contributed by atoms with van der Waals surface area (Å²) in [7, 11) is 0. The molecule has 0 radical (unpaired) electrons. The molecule has 5 heteroatoms. The molecule has 1 heterocycles. The summed E-state index contributed by atoms with van der Waals surface area (Å²) in [5.41, 5.74) is 7.28. The number of nitrogens with two attached hydrogens (primary N) is 1. The van der Waals surface area contributed by atoms with Crippen LogP contribution in [0, 0.1) is 12.7 Å². The molecule has 15 heavy (non-hydrogen) atoms. The Morgan fingerprint density at radius 3 is 2.93 bits per heavy atom. The monoisotopic (exact) mass is 240 g/mol. The maximum atomic E-state index is 13.0. The van der Waals surface area contributed by atoms with Crippen molar-refractivity contribution in [3.8, 4) is 0 Å². The third-order valence-corrected chi connectivity index (χ3v) is 3.90. The van der Waals surface area contributed by atoms with Gasteiger partial charge in [-0.05, 0) is 25.1 Å². The van der Waals surface area contributed by atoms with Crippen molar-refractivity contribution in [3.05, 3.63) is 35.1 Å². The van der Waals surface area contributed by atoms with Crippen molar-refractivity contribution in [1.82, 2.24) is 4.98 Å². The van der Waals surface area contributed by atoms with Gasteiger partial charge in [0.1, 0.15) is 5.82 Å². The number of aromatic nitrogens is 1. The SMILES string of the molecule is Cc1csc(Sc2cc(F)ccc2N)n1. The van der Waals surface area contributed by atoms with Crippen LogP contribution in [0.1, 0.15) is 5.69 Å². The van der Waals surface area contributed by atoms with Gasteiger partial charge >= 0.3 is 0 Å². The third-order valence-electron chi connectivity index (χ3n) is 1.77. The molecule has 0 amide bonds. The number of benzene rings is 1. The first kappa shape index (κ1) is 10.4. The Balaban J connectivity index is 2.27. The molecule has 2 aromatic rings. The van der Waals surface area contributed by atoms with E-state index in [0.717, 1.165) is 10.0 Å². The minimum absolute atomic E-state index is 0.278. The Morgan fingerprint density at radius 2 is 2.27 bits per heavy atom. The fourth-order valence-electron chi connectivity index (χ4n) is 1.07. The average molecular weight is 240 g/mol. The average Bonchev–Trinajstić information content (AvgIpc) is 2.58. The molecule has 0 unspecified atom stereocenters. The van der Waals surface area contributed by atoms with Gasteiger partial charge in [0.15, 0.2) is 4.34 Å². The molecular weight excluding hydrogens is 231 g/mol. The van der Waals surface area contributed by atoms with Crippen LogP contribution in [0.3, 0.4) is 0 Å². The van der Waals surface area contributed by atoms with Crippen LogP contribution in [-0.2, 0) is 0 Å². The number of nitrogen functional groups attached to an aromatic ring is 1. The Hall–Kier alpha value is -1.07. The van der Waals surface area contributed by atoms with E-state index in [-0.39, 0.29) is 5.82 Å². The first-order chi connectivity index (χ1) is 7.15. The summed E-state index contributed by atoms with van der Waals surface area (Å²) in [6.07, 6.45) is 0. The van der Waals surface area contributed by atoms with Crippen molar-refractivity contribution < 1.29 is 4.39 Å². The molecule has 0 aliphatic carbocycles. The second-order valence-electron chi connectivity index (χ2n) is 3.04. The number of halogens is 1. The van der Waals surface area contributed by atoms with E-state index in [2.05, 4.69) is 4.98 Å². The maximum absolute atomic E-state index is 13.0. The number of rotatable bonds is 2. The van der Waals surface area contributed by atoms with Crippen LogP contribution < -0.4 is 5.73 Å². The van der Waals surface area contributed by atoms with Crippen molar-refractivity contribution in [3.63, 3.8) is 0 Å². The number of nitrogens with zero attached hydrogens (tertiary/aromatic N) is 1. The fraction of sp³-hybridized carbons (Fsp3) is 0.100. The lowest BCUT2D eigenvalue weighted by atomic mass is 10.3. The van der Waals surface area contributed by atoms with E-state index in [9.17, 15) is 4.39 Å². The van der Waals surface area contributed by atoms with Gasteiger partial charge in [0.05, 0.1) is 0 Å². The van der Waals surface area contributed by atoms with E-state index in [0.29, 0.717) is 10.6 Å². The number of thiazole rings is 1. The Kier molecular flexibility index (Phi) is 2.93. The van der Waals surface area contributed by atoms with Crippen LogP contribution in [0.25, 0.3) is 0 Å². The van der Waals surface area contributed by atoms with Crippen LogP contribution in [0.15, 0.2) is 32.8 Å². The normalized spacial score (nSPS) is 10.5. The molecule has 0 fully saturated rings. The second-order valence-corrected chi connectivity index (χ2v) is 5.19. The van der Waals surface area contributed by atoms with Crippen molar-refractivity contribution >= 4 is 28.8 Å². The zero-order valence-electron chi connectivity index (χ0n) is 8.03. The number of hydrogen-bond acceptors (Lipinski definition) is 4. The van der Waals surface area contributed by atoms with E-state index in [1.807, 2.05) is 12.3 Å². The Bertz CT molecular complexity index is 482. The zero-order valence-corrected chi connectivity index (χ0v) is 9.66. The predicted octanol–water partition coefficient (Wildman–Crippen LogP) is 3.32. The van der Waals surface area contributed by atoms with Crippen LogP contribution in [0.2, 0.25) is 0 Å². The highest BCUT2D eigenvalue weighted by Gasteiger charge is 2.06. The lowest BCUT2D eigenvalue weighted by molar-refractivity contribution is 0.624. The lowest BCUT2D eigenvalue weighted by Crippen LogP contribution is -1.89. The van der Waals surface area contributed by atoms with Crippen LogP contribution in [-0.4, -0.2) is 4.98 Å². The summed E-state index contributed by atoms with van der Waals surface area (Å²) in [6.45, 7) is 1.93. The highest BCUT2D eigenvalue weighted by Crippen LogP contribution is 2.34. The van der Waals surface area contributed by atoms with Gasteiger partial charge in [-0.2, -0.15) is 0 Å². The van der Waals surface area contributed by atoms with E-state index in [4.69, 9.17) is 5.73 Å². The van der Waals surface area contributed by atoms with Gasteiger partial charge in [-0.15, -0.1) is 11.3 Å². The minimum atomic E-state index is -0.278. The molecule has 2 rings (SSSR count). The molecule has 1 aromatic carbocycles. The first-order valence-corrected chi connectivity index (χ1v) is 6.00. The molecule has 0 spiro atoms. The van der Waals surface area contributed by atoms with Crippen molar-refractivity contribution in [2.45, 2.75) is 16.2 Å². The number of aryl methyl sites for hydroxylation is 1. The second kappa shape index (κ2) is 4.20. The summed E-state index contributed by atoms with van der Waals surface area (Å²) >= 11 is 2.92. The smallest absolute Gasteiger partial charge is 0.154 e. The molecule has 0 saturated heterocycles. The Labute approximate surface area is 95.3 Å².